The Balaban J connectivity index is 1.71. The summed E-state index contributed by atoms with van der Waals surface area (Å²) in [5.74, 6) is -6.95. The van der Waals surface area contributed by atoms with Gasteiger partial charge >= 0.3 is 0 Å². The van der Waals surface area contributed by atoms with Crippen LogP contribution in [0.25, 0.3) is 11.1 Å². The fourth-order valence-corrected chi connectivity index (χ4v) is 5.52. The molecule has 190 valence electrons. The molecule has 1 amide bonds. The van der Waals surface area contributed by atoms with Crippen LogP contribution in [-0.4, -0.2) is 55.7 Å². The van der Waals surface area contributed by atoms with Gasteiger partial charge in [0.25, 0.3) is 5.92 Å². The van der Waals surface area contributed by atoms with E-state index in [9.17, 15) is 22.0 Å². The summed E-state index contributed by atoms with van der Waals surface area (Å²) in [6, 6.07) is 6.06. The molecule has 5 nitrogen and oxygen atoms in total. The highest BCUT2D eigenvalue weighted by atomic mass is 32.2. The molecule has 1 N–H and O–H groups in total. The molecule has 35 heavy (non-hydrogen) atoms. The molecule has 4 rings (SSSR count). The van der Waals surface area contributed by atoms with Crippen molar-refractivity contribution < 1.29 is 35.2 Å². The van der Waals surface area contributed by atoms with Gasteiger partial charge in [-0.3, -0.25) is 4.79 Å². The van der Waals surface area contributed by atoms with Crippen LogP contribution in [0.15, 0.2) is 42.5 Å². The van der Waals surface area contributed by atoms with Gasteiger partial charge in [-0.05, 0) is 49.4 Å². The number of likely N-dealkylation sites (tertiary alicyclic amines) is 1. The highest BCUT2D eigenvalue weighted by Crippen LogP contribution is 2.40. The van der Waals surface area contributed by atoms with Crippen LogP contribution in [0, 0.1) is 17.6 Å². The zero-order valence-corrected chi connectivity index (χ0v) is 19.7. The van der Waals surface area contributed by atoms with Crippen molar-refractivity contribution in [3.8, 4) is 11.1 Å². The number of carbonyl (C=O) groups excluding carboxylic acids is 1. The number of sulfonamides is 1. The van der Waals surface area contributed by atoms with Crippen LogP contribution in [0.1, 0.15) is 25.3 Å². The Kier molecular flexibility index (Phi) is 6.93. The predicted octanol–water partition coefficient (Wildman–Crippen LogP) is 4.08. The maximum Gasteiger partial charge on any atom is 0.283 e. The van der Waals surface area contributed by atoms with Gasteiger partial charge in [-0.2, -0.15) is 0 Å². The lowest BCUT2D eigenvalue weighted by Gasteiger charge is -2.35. The van der Waals surface area contributed by atoms with Crippen molar-refractivity contribution in [2.24, 2.45) is 5.92 Å². The highest BCUT2D eigenvalue weighted by Gasteiger charge is 2.58. The monoisotopic (exact) mass is 516 g/mol. The largest absolute Gasteiger partial charge is 0.331 e. The molecular weight excluding hydrogens is 491 g/mol. The van der Waals surface area contributed by atoms with Crippen LogP contribution < -0.4 is 4.72 Å². The summed E-state index contributed by atoms with van der Waals surface area (Å²) < 4.78 is 99.0. The molecule has 1 aliphatic heterocycles. The SMILES string of the molecule is CCS(=O)(=O)N[C@@H]1[C@H](Cc2cccc(-c3cccc(F)c3)c2F)N(C(=O)[C@H]2C[C@@H](F)C2)CC1(F)F. The molecule has 0 aromatic heterocycles. The molecule has 2 aromatic rings. The maximum atomic E-state index is 15.5. The summed E-state index contributed by atoms with van der Waals surface area (Å²) in [4.78, 5) is 13.8. The Morgan fingerprint density at radius 3 is 2.46 bits per heavy atom. The smallest absolute Gasteiger partial charge is 0.283 e. The van der Waals surface area contributed by atoms with Gasteiger partial charge in [-0.15, -0.1) is 0 Å². The number of nitrogens with one attached hydrogen (secondary N) is 1. The van der Waals surface area contributed by atoms with E-state index in [1.54, 1.807) is 0 Å². The van der Waals surface area contributed by atoms with Crippen molar-refractivity contribution in [1.29, 1.82) is 0 Å². The van der Waals surface area contributed by atoms with Crippen LogP contribution in [0.4, 0.5) is 22.0 Å². The van der Waals surface area contributed by atoms with Crippen molar-refractivity contribution in [3.63, 3.8) is 0 Å². The zero-order chi connectivity index (χ0) is 25.5. The van der Waals surface area contributed by atoms with Gasteiger partial charge in [0.2, 0.25) is 15.9 Å². The molecule has 2 aliphatic rings. The quantitative estimate of drug-likeness (QED) is 0.565. The lowest BCUT2D eigenvalue weighted by Crippen LogP contribution is -2.53. The first kappa shape index (κ1) is 25.6. The fourth-order valence-electron chi connectivity index (χ4n) is 4.64. The number of halogens is 5. The van der Waals surface area contributed by atoms with Crippen LogP contribution in [0.5, 0.6) is 0 Å². The van der Waals surface area contributed by atoms with Gasteiger partial charge in [0.1, 0.15) is 23.8 Å². The number of carbonyl (C=O) groups is 1. The van der Waals surface area contributed by atoms with Gasteiger partial charge in [0.05, 0.1) is 18.3 Å². The lowest BCUT2D eigenvalue weighted by molar-refractivity contribution is -0.142. The van der Waals surface area contributed by atoms with E-state index in [0.717, 1.165) is 11.0 Å². The molecule has 1 saturated heterocycles. The molecule has 2 fully saturated rings. The number of hydrogen-bond acceptors (Lipinski definition) is 3. The van der Waals surface area contributed by atoms with Gasteiger partial charge in [-0.1, -0.05) is 30.3 Å². The van der Waals surface area contributed by atoms with Crippen LogP contribution in [-0.2, 0) is 21.2 Å². The molecule has 1 saturated carbocycles. The maximum absolute atomic E-state index is 15.5. The number of nitrogens with zero attached hydrogens (tertiary/aromatic N) is 1. The standard InChI is InChI=1S/C24H25F5N2O3S/c1-2-35(33,34)30-22-20(31(13-24(22,28)29)23(32)16-10-18(26)11-16)12-15-6-4-8-19(21(15)27)14-5-3-7-17(25)9-14/h3-9,16,18,20,22,30H,2,10-13H2,1H3/t16-,18+,20-,22+/m0/s1. The van der Waals surface area contributed by atoms with Gasteiger partial charge in [-0.25, -0.2) is 35.1 Å². The van der Waals surface area contributed by atoms with E-state index < -0.39 is 76.4 Å². The minimum atomic E-state index is -4.10. The Bertz CT molecular complexity index is 1220. The Morgan fingerprint density at radius 1 is 1.14 bits per heavy atom. The van der Waals surface area contributed by atoms with Crippen molar-refractivity contribution in [1.82, 2.24) is 9.62 Å². The molecule has 0 bridgehead atoms. The van der Waals surface area contributed by atoms with E-state index in [1.807, 2.05) is 4.72 Å². The Labute approximate surface area is 200 Å². The molecule has 0 unspecified atom stereocenters. The summed E-state index contributed by atoms with van der Waals surface area (Å²) in [6.45, 7) is 0.220. The van der Waals surface area contributed by atoms with E-state index in [-0.39, 0.29) is 29.5 Å². The third-order valence-electron chi connectivity index (χ3n) is 6.66. The van der Waals surface area contributed by atoms with Gasteiger partial charge in [0, 0.05) is 11.5 Å². The topological polar surface area (TPSA) is 66.5 Å². The summed E-state index contributed by atoms with van der Waals surface area (Å²) >= 11 is 0. The minimum absolute atomic E-state index is 0.0367. The van der Waals surface area contributed by atoms with Crippen molar-refractivity contribution in [2.45, 2.75) is 50.4 Å². The third-order valence-corrected chi connectivity index (χ3v) is 8.04. The first-order valence-corrected chi connectivity index (χ1v) is 12.9. The van der Waals surface area contributed by atoms with Crippen LogP contribution >= 0.6 is 0 Å². The average Bonchev–Trinajstić information content (AvgIpc) is 3.02. The zero-order valence-electron chi connectivity index (χ0n) is 18.9. The van der Waals surface area contributed by atoms with Crippen molar-refractivity contribution in [3.05, 3.63) is 59.7 Å². The molecule has 1 aliphatic carbocycles. The first-order valence-electron chi connectivity index (χ1n) is 11.3. The van der Waals surface area contributed by atoms with Crippen molar-refractivity contribution >= 4 is 15.9 Å². The van der Waals surface area contributed by atoms with Gasteiger partial charge in [0.15, 0.2) is 0 Å². The summed E-state index contributed by atoms with van der Waals surface area (Å²) in [6.07, 6.45) is -1.80. The number of amides is 1. The normalized spacial score (nSPS) is 25.9. The predicted molar refractivity (Wildman–Crippen MR) is 120 cm³/mol. The molecule has 11 heteroatoms. The summed E-state index contributed by atoms with van der Waals surface area (Å²) in [7, 11) is -4.10. The first-order chi connectivity index (χ1) is 16.4. The summed E-state index contributed by atoms with van der Waals surface area (Å²) in [5, 5.41) is 0. The number of rotatable bonds is 7. The minimum Gasteiger partial charge on any atom is -0.331 e. The lowest BCUT2D eigenvalue weighted by atomic mass is 9.82. The van der Waals surface area contributed by atoms with Crippen LogP contribution in [0.2, 0.25) is 0 Å². The van der Waals surface area contributed by atoms with Crippen molar-refractivity contribution in [2.75, 3.05) is 12.3 Å². The third kappa shape index (κ3) is 5.20. The highest BCUT2D eigenvalue weighted by molar-refractivity contribution is 7.89. The summed E-state index contributed by atoms with van der Waals surface area (Å²) in [5.41, 5.74) is 0.236. The fraction of sp³-hybridized carbons (Fsp3) is 0.458. The van der Waals surface area contributed by atoms with E-state index in [1.165, 1.54) is 43.3 Å². The average molecular weight is 517 g/mol. The molecular formula is C24H25F5N2O3S. The van der Waals surface area contributed by atoms with E-state index >= 15 is 13.2 Å². The van der Waals surface area contributed by atoms with Crippen LogP contribution in [0.3, 0.4) is 0 Å². The molecule has 1 heterocycles. The molecule has 2 aromatic carbocycles. The molecule has 2 atom stereocenters. The Hall–Kier alpha value is -2.53. The second-order valence-corrected chi connectivity index (χ2v) is 11.1. The number of benzene rings is 2. The van der Waals surface area contributed by atoms with E-state index in [2.05, 4.69) is 0 Å². The second-order valence-electron chi connectivity index (χ2n) is 9.05. The molecule has 0 spiro atoms. The Morgan fingerprint density at radius 2 is 1.83 bits per heavy atom. The second kappa shape index (κ2) is 9.50. The molecule has 0 radical (unpaired) electrons. The van der Waals surface area contributed by atoms with Gasteiger partial charge < -0.3 is 4.90 Å². The van der Waals surface area contributed by atoms with E-state index in [4.69, 9.17) is 0 Å². The number of hydrogen-bond donors (Lipinski definition) is 1. The van der Waals surface area contributed by atoms with E-state index in [0.29, 0.717) is 0 Å². The number of alkyl halides is 3.